The van der Waals surface area contributed by atoms with Crippen molar-refractivity contribution < 1.29 is 22.7 Å². The maximum atomic E-state index is 12.9. The van der Waals surface area contributed by atoms with Crippen molar-refractivity contribution in [1.29, 1.82) is 0 Å². The Hall–Kier alpha value is -3.17. The highest BCUT2D eigenvalue weighted by Gasteiger charge is 2.22. The maximum Gasteiger partial charge on any atom is 0.338 e. The van der Waals surface area contributed by atoms with Crippen LogP contribution in [0.3, 0.4) is 0 Å². The molecule has 1 aromatic heterocycles. The van der Waals surface area contributed by atoms with E-state index < -0.39 is 28.5 Å². The Morgan fingerprint density at radius 3 is 2.52 bits per heavy atom. The highest BCUT2D eigenvalue weighted by molar-refractivity contribution is 7.92. The van der Waals surface area contributed by atoms with Crippen molar-refractivity contribution in [3.63, 3.8) is 0 Å². The van der Waals surface area contributed by atoms with Crippen molar-refractivity contribution in [1.82, 2.24) is 5.32 Å². The van der Waals surface area contributed by atoms with E-state index in [1.165, 1.54) is 31.3 Å². The van der Waals surface area contributed by atoms with Gasteiger partial charge in [0.1, 0.15) is 0 Å². The van der Waals surface area contributed by atoms with Crippen LogP contribution < -0.4 is 9.62 Å². The Morgan fingerprint density at radius 2 is 1.81 bits per heavy atom. The molecule has 1 heterocycles. The number of anilines is 1. The molecule has 3 aromatic rings. The first kappa shape index (κ1) is 22.5. The van der Waals surface area contributed by atoms with Crippen LogP contribution in [0.1, 0.15) is 15.2 Å². The van der Waals surface area contributed by atoms with Gasteiger partial charge in [0.15, 0.2) is 6.61 Å². The normalized spacial score (nSPS) is 11.0. The van der Waals surface area contributed by atoms with Gasteiger partial charge in [0.25, 0.3) is 15.9 Å². The Balaban J connectivity index is 1.58. The number of carbonyl (C=O) groups is 2. The Labute approximate surface area is 185 Å². The van der Waals surface area contributed by atoms with Gasteiger partial charge in [0.05, 0.1) is 16.1 Å². The number of sulfonamides is 1. The molecule has 2 aromatic carbocycles. The van der Waals surface area contributed by atoms with Crippen molar-refractivity contribution in [3.8, 4) is 0 Å². The molecule has 162 valence electrons. The third-order valence-corrected chi connectivity index (χ3v) is 7.17. The van der Waals surface area contributed by atoms with Gasteiger partial charge in [-0.05, 0) is 48.2 Å². The summed E-state index contributed by atoms with van der Waals surface area (Å²) in [6.07, 6.45) is 0.701. The van der Waals surface area contributed by atoms with Gasteiger partial charge in [-0.3, -0.25) is 9.10 Å². The quantitative estimate of drug-likeness (QED) is 0.498. The molecule has 3 rings (SSSR count). The second-order valence-electron chi connectivity index (χ2n) is 6.59. The van der Waals surface area contributed by atoms with E-state index in [-0.39, 0.29) is 10.5 Å². The van der Waals surface area contributed by atoms with Crippen LogP contribution in [0, 0.1) is 0 Å². The molecule has 0 aliphatic heterocycles. The summed E-state index contributed by atoms with van der Waals surface area (Å²) in [5.41, 5.74) is 0.545. The summed E-state index contributed by atoms with van der Waals surface area (Å²) >= 11 is 1.60. The predicted octanol–water partition coefficient (Wildman–Crippen LogP) is 3.09. The van der Waals surface area contributed by atoms with E-state index in [0.29, 0.717) is 18.7 Å². The summed E-state index contributed by atoms with van der Waals surface area (Å²) in [5.74, 6) is -1.19. The van der Waals surface area contributed by atoms with Gasteiger partial charge in [-0.1, -0.05) is 30.3 Å². The molecule has 0 saturated carbocycles. The van der Waals surface area contributed by atoms with Crippen LogP contribution in [0.4, 0.5) is 5.69 Å². The van der Waals surface area contributed by atoms with Gasteiger partial charge in [-0.2, -0.15) is 0 Å². The van der Waals surface area contributed by atoms with Crippen LogP contribution in [0.2, 0.25) is 0 Å². The SMILES string of the molecule is CN(c1ccccc1)S(=O)(=O)c1cccc(C(=O)OCC(=O)NCCc2cccs2)c1. The monoisotopic (exact) mass is 458 g/mol. The topological polar surface area (TPSA) is 92.8 Å². The molecule has 0 aliphatic rings. The molecule has 0 radical (unpaired) electrons. The molecule has 0 spiro atoms. The molecule has 0 atom stereocenters. The Bertz CT molecular complexity index is 1130. The predicted molar refractivity (Wildman–Crippen MR) is 120 cm³/mol. The highest BCUT2D eigenvalue weighted by Crippen LogP contribution is 2.22. The van der Waals surface area contributed by atoms with Crippen molar-refractivity contribution >= 4 is 38.9 Å². The summed E-state index contributed by atoms with van der Waals surface area (Å²) in [6.45, 7) is 0.000611. The number of hydrogen-bond acceptors (Lipinski definition) is 6. The zero-order valence-corrected chi connectivity index (χ0v) is 18.5. The minimum Gasteiger partial charge on any atom is -0.452 e. The van der Waals surface area contributed by atoms with E-state index in [4.69, 9.17) is 4.74 Å². The van der Waals surface area contributed by atoms with E-state index in [0.717, 1.165) is 9.18 Å². The zero-order valence-electron chi connectivity index (χ0n) is 16.9. The second kappa shape index (κ2) is 10.2. The maximum absolute atomic E-state index is 12.9. The molecule has 0 bridgehead atoms. The molecule has 0 saturated heterocycles. The van der Waals surface area contributed by atoms with Crippen LogP contribution >= 0.6 is 11.3 Å². The highest BCUT2D eigenvalue weighted by atomic mass is 32.2. The third-order valence-electron chi connectivity index (χ3n) is 4.46. The number of nitrogens with zero attached hydrogens (tertiary/aromatic N) is 1. The summed E-state index contributed by atoms with van der Waals surface area (Å²) in [6, 6.07) is 18.1. The fourth-order valence-electron chi connectivity index (χ4n) is 2.76. The van der Waals surface area contributed by atoms with E-state index in [9.17, 15) is 18.0 Å². The number of rotatable bonds is 9. The molecular formula is C22H22N2O5S2. The van der Waals surface area contributed by atoms with Gasteiger partial charge in [-0.25, -0.2) is 13.2 Å². The molecule has 0 unspecified atom stereocenters. The second-order valence-corrected chi connectivity index (χ2v) is 9.59. The number of ether oxygens (including phenoxy) is 1. The lowest BCUT2D eigenvalue weighted by Gasteiger charge is -2.19. The fraction of sp³-hybridized carbons (Fsp3) is 0.182. The first-order valence-corrected chi connectivity index (χ1v) is 11.8. The first-order valence-electron chi connectivity index (χ1n) is 9.48. The number of amides is 1. The Kier molecular flexibility index (Phi) is 7.43. The largest absolute Gasteiger partial charge is 0.452 e. The van der Waals surface area contributed by atoms with Gasteiger partial charge < -0.3 is 10.1 Å². The fourth-order valence-corrected chi connectivity index (χ4v) is 4.71. The summed E-state index contributed by atoms with van der Waals surface area (Å²) < 4.78 is 32.0. The van der Waals surface area contributed by atoms with E-state index in [1.54, 1.807) is 41.7 Å². The van der Waals surface area contributed by atoms with Crippen molar-refractivity contribution in [3.05, 3.63) is 82.6 Å². The van der Waals surface area contributed by atoms with Crippen LogP contribution in [-0.2, 0) is 26.0 Å². The van der Waals surface area contributed by atoms with E-state index >= 15 is 0 Å². The number of carbonyl (C=O) groups excluding carboxylic acids is 2. The van der Waals surface area contributed by atoms with Crippen LogP contribution in [0.25, 0.3) is 0 Å². The van der Waals surface area contributed by atoms with Gasteiger partial charge in [0.2, 0.25) is 0 Å². The lowest BCUT2D eigenvalue weighted by Crippen LogP contribution is -2.30. The van der Waals surface area contributed by atoms with Crippen LogP contribution in [-0.4, -0.2) is 40.5 Å². The third kappa shape index (κ3) is 5.93. The molecule has 1 amide bonds. The number of para-hydroxylation sites is 1. The standard InChI is InChI=1S/C22H22N2O5S2/c1-24(18-8-3-2-4-9-18)31(27,28)20-11-5-7-17(15-20)22(26)29-16-21(25)23-13-12-19-10-6-14-30-19/h2-11,14-15H,12-13,16H2,1H3,(H,23,25). The van der Waals surface area contributed by atoms with Crippen molar-refractivity contribution in [2.45, 2.75) is 11.3 Å². The molecule has 7 nitrogen and oxygen atoms in total. The number of benzene rings is 2. The summed E-state index contributed by atoms with van der Waals surface area (Å²) in [4.78, 5) is 25.3. The lowest BCUT2D eigenvalue weighted by molar-refractivity contribution is -0.124. The summed E-state index contributed by atoms with van der Waals surface area (Å²) in [5, 5.41) is 4.65. The molecule has 0 fully saturated rings. The Morgan fingerprint density at radius 1 is 1.03 bits per heavy atom. The zero-order chi connectivity index (χ0) is 22.3. The molecule has 9 heteroatoms. The molecule has 1 N–H and O–H groups in total. The molecule has 31 heavy (non-hydrogen) atoms. The first-order chi connectivity index (χ1) is 14.9. The average Bonchev–Trinajstić information content (AvgIpc) is 3.31. The minimum absolute atomic E-state index is 0.0475. The van der Waals surface area contributed by atoms with Crippen LogP contribution in [0.15, 0.2) is 77.0 Å². The summed E-state index contributed by atoms with van der Waals surface area (Å²) in [7, 11) is -2.42. The molecular weight excluding hydrogens is 436 g/mol. The number of nitrogens with one attached hydrogen (secondary N) is 1. The lowest BCUT2D eigenvalue weighted by atomic mass is 10.2. The number of hydrogen-bond donors (Lipinski definition) is 1. The minimum atomic E-state index is -3.87. The van der Waals surface area contributed by atoms with Crippen LogP contribution in [0.5, 0.6) is 0 Å². The van der Waals surface area contributed by atoms with E-state index in [2.05, 4.69) is 5.32 Å². The van der Waals surface area contributed by atoms with Crippen molar-refractivity contribution in [2.75, 3.05) is 24.5 Å². The van der Waals surface area contributed by atoms with Crippen molar-refractivity contribution in [2.24, 2.45) is 0 Å². The van der Waals surface area contributed by atoms with Gasteiger partial charge in [-0.15, -0.1) is 11.3 Å². The molecule has 0 aliphatic carbocycles. The van der Waals surface area contributed by atoms with E-state index in [1.807, 2.05) is 17.5 Å². The number of thiophene rings is 1. The smallest absolute Gasteiger partial charge is 0.338 e. The van der Waals surface area contributed by atoms with Gasteiger partial charge in [0, 0.05) is 18.5 Å². The van der Waals surface area contributed by atoms with Gasteiger partial charge >= 0.3 is 5.97 Å². The number of esters is 1. The average molecular weight is 459 g/mol.